The SMILES string of the molecule is CC(Nc1ccc(C(=O)Nc2ncccc2OCc2ccncc2)cc1[N+](=O)[O-])c1ccccn1. The predicted octanol–water partition coefficient (Wildman–Crippen LogP) is 4.78. The minimum Gasteiger partial charge on any atom is -0.485 e. The van der Waals surface area contributed by atoms with Crippen molar-refractivity contribution in [3.05, 3.63) is 112 Å². The fourth-order valence-corrected chi connectivity index (χ4v) is 3.31. The second kappa shape index (κ2) is 10.8. The van der Waals surface area contributed by atoms with E-state index in [0.717, 1.165) is 11.3 Å². The van der Waals surface area contributed by atoms with Crippen LogP contribution in [0.4, 0.5) is 17.2 Å². The van der Waals surface area contributed by atoms with E-state index in [0.29, 0.717) is 5.75 Å². The van der Waals surface area contributed by atoms with Crippen LogP contribution in [-0.2, 0) is 6.61 Å². The number of ether oxygens (including phenoxy) is 1. The quantitative estimate of drug-likeness (QED) is 0.264. The van der Waals surface area contributed by atoms with E-state index < -0.39 is 10.8 Å². The molecule has 0 radical (unpaired) electrons. The highest BCUT2D eigenvalue weighted by molar-refractivity contribution is 6.05. The van der Waals surface area contributed by atoms with Gasteiger partial charge < -0.3 is 15.4 Å². The number of pyridine rings is 3. The molecule has 35 heavy (non-hydrogen) atoms. The van der Waals surface area contributed by atoms with Crippen LogP contribution in [0, 0.1) is 10.1 Å². The fraction of sp³-hybridized carbons (Fsp3) is 0.120. The summed E-state index contributed by atoms with van der Waals surface area (Å²) >= 11 is 0. The van der Waals surface area contributed by atoms with Crippen LogP contribution in [0.5, 0.6) is 5.75 Å². The summed E-state index contributed by atoms with van der Waals surface area (Å²) in [5, 5.41) is 17.5. The number of carbonyl (C=O) groups is 1. The molecule has 0 aliphatic carbocycles. The third-order valence-electron chi connectivity index (χ3n) is 5.11. The van der Waals surface area contributed by atoms with E-state index in [1.165, 1.54) is 24.4 Å². The number of aromatic nitrogens is 3. The van der Waals surface area contributed by atoms with Gasteiger partial charge in [0.2, 0.25) is 0 Å². The van der Waals surface area contributed by atoms with Crippen molar-refractivity contribution in [3.63, 3.8) is 0 Å². The number of carbonyl (C=O) groups excluding carboxylic acids is 1. The molecule has 1 amide bonds. The van der Waals surface area contributed by atoms with Gasteiger partial charge in [0.1, 0.15) is 12.3 Å². The van der Waals surface area contributed by atoms with E-state index >= 15 is 0 Å². The Morgan fingerprint density at radius 3 is 2.57 bits per heavy atom. The van der Waals surface area contributed by atoms with Crippen LogP contribution in [0.1, 0.15) is 34.6 Å². The van der Waals surface area contributed by atoms with Crippen molar-refractivity contribution in [2.24, 2.45) is 0 Å². The van der Waals surface area contributed by atoms with Gasteiger partial charge >= 0.3 is 0 Å². The van der Waals surface area contributed by atoms with Gasteiger partial charge in [-0.05, 0) is 61.0 Å². The smallest absolute Gasteiger partial charge is 0.293 e. The summed E-state index contributed by atoms with van der Waals surface area (Å²) in [6, 6.07) is 16.4. The Labute approximate surface area is 201 Å². The van der Waals surface area contributed by atoms with Gasteiger partial charge in [-0.25, -0.2) is 4.98 Å². The molecule has 0 saturated carbocycles. The molecule has 1 aromatic carbocycles. The zero-order valence-electron chi connectivity index (χ0n) is 18.8. The summed E-state index contributed by atoms with van der Waals surface area (Å²) in [4.78, 5) is 36.5. The van der Waals surface area contributed by atoms with E-state index in [9.17, 15) is 14.9 Å². The second-order valence-electron chi connectivity index (χ2n) is 7.56. The third-order valence-corrected chi connectivity index (χ3v) is 5.11. The van der Waals surface area contributed by atoms with Crippen LogP contribution in [0.3, 0.4) is 0 Å². The molecule has 0 bridgehead atoms. The molecule has 4 rings (SSSR count). The minimum atomic E-state index is -0.551. The Hall–Kier alpha value is -4.86. The molecule has 3 aromatic heterocycles. The first-order chi connectivity index (χ1) is 17.0. The predicted molar refractivity (Wildman–Crippen MR) is 130 cm³/mol. The average molecular weight is 470 g/mol. The van der Waals surface area contributed by atoms with Gasteiger partial charge in [-0.2, -0.15) is 0 Å². The maximum absolute atomic E-state index is 12.9. The van der Waals surface area contributed by atoms with Gasteiger partial charge in [0, 0.05) is 36.4 Å². The van der Waals surface area contributed by atoms with Gasteiger partial charge in [0.25, 0.3) is 11.6 Å². The first kappa shape index (κ1) is 23.3. The summed E-state index contributed by atoms with van der Waals surface area (Å²) in [7, 11) is 0. The lowest BCUT2D eigenvalue weighted by atomic mass is 10.1. The molecular formula is C25H22N6O4. The summed E-state index contributed by atoms with van der Waals surface area (Å²) in [5.74, 6) is 0.0275. The first-order valence-corrected chi connectivity index (χ1v) is 10.8. The van der Waals surface area contributed by atoms with E-state index in [2.05, 4.69) is 25.6 Å². The van der Waals surface area contributed by atoms with E-state index in [4.69, 9.17) is 4.74 Å². The molecular weight excluding hydrogens is 448 g/mol. The van der Waals surface area contributed by atoms with Crippen molar-refractivity contribution < 1.29 is 14.5 Å². The molecule has 0 spiro atoms. The standard InChI is InChI=1S/C25H22N6O4/c1-17(20-5-2-3-11-27-20)29-21-8-7-19(15-22(21)31(33)34)25(32)30-24-23(6-4-12-28-24)35-16-18-9-13-26-14-10-18/h2-15,17,29H,16H2,1H3,(H,28,30,32). The van der Waals surface area contributed by atoms with Crippen LogP contribution >= 0.6 is 0 Å². The summed E-state index contributed by atoms with van der Waals surface area (Å²) in [6.45, 7) is 2.11. The monoisotopic (exact) mass is 470 g/mol. The van der Waals surface area contributed by atoms with Crippen molar-refractivity contribution in [1.82, 2.24) is 15.0 Å². The van der Waals surface area contributed by atoms with Crippen LogP contribution in [0.2, 0.25) is 0 Å². The number of anilines is 2. The number of nitrogens with zero attached hydrogens (tertiary/aromatic N) is 4. The summed E-state index contributed by atoms with van der Waals surface area (Å²) in [6.07, 6.45) is 6.49. The van der Waals surface area contributed by atoms with Crippen LogP contribution < -0.4 is 15.4 Å². The Balaban J connectivity index is 1.50. The summed E-state index contributed by atoms with van der Waals surface area (Å²) in [5.41, 5.74) is 1.80. The normalized spacial score (nSPS) is 11.3. The number of hydrogen-bond donors (Lipinski definition) is 2. The highest BCUT2D eigenvalue weighted by Crippen LogP contribution is 2.30. The average Bonchev–Trinajstić information content (AvgIpc) is 2.89. The Bertz CT molecular complexity index is 1320. The van der Waals surface area contributed by atoms with Crippen LogP contribution in [0.25, 0.3) is 0 Å². The lowest BCUT2D eigenvalue weighted by Gasteiger charge is -2.15. The molecule has 10 heteroatoms. The number of nitrogens with one attached hydrogen (secondary N) is 2. The number of amides is 1. The highest BCUT2D eigenvalue weighted by Gasteiger charge is 2.20. The first-order valence-electron chi connectivity index (χ1n) is 10.8. The van der Waals surface area contributed by atoms with Gasteiger partial charge in [0.05, 0.1) is 16.7 Å². The Morgan fingerprint density at radius 1 is 1.03 bits per heavy atom. The van der Waals surface area contributed by atoms with E-state index in [1.807, 2.05) is 31.2 Å². The molecule has 3 heterocycles. The summed E-state index contributed by atoms with van der Waals surface area (Å²) < 4.78 is 5.80. The molecule has 0 saturated heterocycles. The molecule has 1 atom stereocenters. The van der Waals surface area contributed by atoms with Gasteiger partial charge in [-0.1, -0.05) is 6.07 Å². The number of benzene rings is 1. The molecule has 4 aromatic rings. The van der Waals surface area contributed by atoms with Gasteiger partial charge in [0.15, 0.2) is 11.6 Å². The molecule has 176 valence electrons. The molecule has 1 unspecified atom stereocenters. The molecule has 0 aliphatic heterocycles. The van der Waals surface area contributed by atoms with Crippen molar-refractivity contribution in [3.8, 4) is 5.75 Å². The largest absolute Gasteiger partial charge is 0.485 e. The number of nitro groups is 1. The van der Waals surface area contributed by atoms with Crippen molar-refractivity contribution in [2.75, 3.05) is 10.6 Å². The zero-order chi connectivity index (χ0) is 24.6. The number of hydrogen-bond acceptors (Lipinski definition) is 8. The number of nitro benzene ring substituents is 1. The van der Waals surface area contributed by atoms with Crippen molar-refractivity contribution in [2.45, 2.75) is 19.6 Å². The van der Waals surface area contributed by atoms with Crippen molar-refractivity contribution >= 4 is 23.1 Å². The Morgan fingerprint density at radius 2 is 1.83 bits per heavy atom. The highest BCUT2D eigenvalue weighted by atomic mass is 16.6. The maximum atomic E-state index is 12.9. The van der Waals surface area contributed by atoms with Crippen LogP contribution in [0.15, 0.2) is 85.5 Å². The van der Waals surface area contributed by atoms with Gasteiger partial charge in [-0.3, -0.25) is 24.9 Å². The van der Waals surface area contributed by atoms with Gasteiger partial charge in [-0.15, -0.1) is 0 Å². The number of rotatable bonds is 9. The molecule has 2 N–H and O–H groups in total. The van der Waals surface area contributed by atoms with E-state index in [-0.39, 0.29) is 35.4 Å². The molecule has 0 aliphatic rings. The van der Waals surface area contributed by atoms with Crippen LogP contribution in [-0.4, -0.2) is 25.8 Å². The lowest BCUT2D eigenvalue weighted by Crippen LogP contribution is -2.15. The third kappa shape index (κ3) is 5.93. The van der Waals surface area contributed by atoms with Crippen molar-refractivity contribution in [1.29, 1.82) is 0 Å². The molecule has 10 nitrogen and oxygen atoms in total. The minimum absolute atomic E-state index is 0.110. The van der Waals surface area contributed by atoms with E-state index in [1.54, 1.807) is 36.8 Å². The fourth-order valence-electron chi connectivity index (χ4n) is 3.31. The molecule has 0 fully saturated rings. The topological polar surface area (TPSA) is 132 Å². The Kier molecular flexibility index (Phi) is 7.22. The second-order valence-corrected chi connectivity index (χ2v) is 7.56. The lowest BCUT2D eigenvalue weighted by molar-refractivity contribution is -0.384. The zero-order valence-corrected chi connectivity index (χ0v) is 18.8. The maximum Gasteiger partial charge on any atom is 0.293 e.